The molecular weight excluding hydrogens is 434 g/mol. The topological polar surface area (TPSA) is 58.2 Å². The molecule has 29 heavy (non-hydrogen) atoms. The predicted octanol–water partition coefficient (Wildman–Crippen LogP) is 6.12. The number of halogens is 3. The predicted molar refractivity (Wildman–Crippen MR) is 117 cm³/mol. The molecule has 0 heterocycles. The van der Waals surface area contributed by atoms with E-state index in [1.165, 1.54) is 36.0 Å². The number of carbonyl (C=O) groups is 2. The number of nitrogens with one attached hydrogen (secondary N) is 2. The van der Waals surface area contributed by atoms with Gasteiger partial charge >= 0.3 is 0 Å². The van der Waals surface area contributed by atoms with Crippen LogP contribution in [-0.2, 0) is 4.79 Å². The molecule has 3 aromatic rings. The Hall–Kier alpha value is -2.54. The first-order valence-corrected chi connectivity index (χ1v) is 10.2. The number of amides is 2. The molecule has 4 nitrogen and oxygen atoms in total. The van der Waals surface area contributed by atoms with Gasteiger partial charge in [0.25, 0.3) is 5.91 Å². The van der Waals surface area contributed by atoms with Crippen LogP contribution in [0.15, 0.2) is 71.6 Å². The largest absolute Gasteiger partial charge is 0.324 e. The second-order valence-corrected chi connectivity index (χ2v) is 7.76. The van der Waals surface area contributed by atoms with E-state index in [1.807, 2.05) is 6.07 Å². The SMILES string of the molecule is O=C(CSc1cccc(NC(=O)c2ccc(F)cc2)c1)Nc1cccc(Cl)c1Cl. The summed E-state index contributed by atoms with van der Waals surface area (Å²) in [6.45, 7) is 0. The summed E-state index contributed by atoms with van der Waals surface area (Å²) in [6.07, 6.45) is 0. The molecule has 3 rings (SSSR count). The Labute approximate surface area is 181 Å². The van der Waals surface area contributed by atoms with Gasteiger partial charge in [-0.05, 0) is 54.6 Å². The first kappa shape index (κ1) is 21.2. The highest BCUT2D eigenvalue weighted by atomic mass is 35.5. The lowest BCUT2D eigenvalue weighted by Crippen LogP contribution is -2.14. The van der Waals surface area contributed by atoms with E-state index in [2.05, 4.69) is 10.6 Å². The summed E-state index contributed by atoms with van der Waals surface area (Å²) in [5.41, 5.74) is 1.37. The number of carbonyl (C=O) groups excluding carboxylic acids is 2. The maximum Gasteiger partial charge on any atom is 0.255 e. The van der Waals surface area contributed by atoms with Crippen molar-refractivity contribution >= 4 is 58.2 Å². The molecule has 2 N–H and O–H groups in total. The summed E-state index contributed by atoms with van der Waals surface area (Å²) in [7, 11) is 0. The third-order valence-electron chi connectivity index (χ3n) is 3.79. The van der Waals surface area contributed by atoms with Gasteiger partial charge in [0.1, 0.15) is 5.82 Å². The highest BCUT2D eigenvalue weighted by Gasteiger charge is 2.10. The number of hydrogen-bond acceptors (Lipinski definition) is 3. The second-order valence-electron chi connectivity index (χ2n) is 5.93. The smallest absolute Gasteiger partial charge is 0.255 e. The maximum atomic E-state index is 13.0. The van der Waals surface area contributed by atoms with Crippen molar-refractivity contribution in [1.29, 1.82) is 0 Å². The van der Waals surface area contributed by atoms with Crippen LogP contribution in [-0.4, -0.2) is 17.6 Å². The molecule has 0 bridgehead atoms. The van der Waals surface area contributed by atoms with Crippen LogP contribution in [0.5, 0.6) is 0 Å². The minimum Gasteiger partial charge on any atom is -0.324 e. The third kappa shape index (κ3) is 5.97. The number of anilines is 2. The van der Waals surface area contributed by atoms with Crippen molar-refractivity contribution in [3.05, 3.63) is 88.2 Å². The van der Waals surface area contributed by atoms with Gasteiger partial charge in [0.2, 0.25) is 5.91 Å². The Kier molecular flexibility index (Phi) is 7.14. The van der Waals surface area contributed by atoms with Crippen LogP contribution in [0.25, 0.3) is 0 Å². The van der Waals surface area contributed by atoms with E-state index < -0.39 is 5.82 Å². The highest BCUT2D eigenvalue weighted by Crippen LogP contribution is 2.30. The van der Waals surface area contributed by atoms with Crippen LogP contribution < -0.4 is 10.6 Å². The first-order valence-electron chi connectivity index (χ1n) is 8.46. The highest BCUT2D eigenvalue weighted by molar-refractivity contribution is 8.00. The van der Waals surface area contributed by atoms with Crippen LogP contribution in [0.3, 0.4) is 0 Å². The number of thioether (sulfide) groups is 1. The van der Waals surface area contributed by atoms with E-state index in [-0.39, 0.29) is 22.6 Å². The fourth-order valence-corrected chi connectivity index (χ4v) is 3.51. The molecule has 0 saturated carbocycles. The van der Waals surface area contributed by atoms with Crippen LogP contribution in [0, 0.1) is 5.82 Å². The van der Waals surface area contributed by atoms with Gasteiger partial charge in [0, 0.05) is 16.1 Å². The minimum absolute atomic E-state index is 0.151. The summed E-state index contributed by atoms with van der Waals surface area (Å²) < 4.78 is 13.0. The first-order chi connectivity index (χ1) is 13.9. The molecule has 0 aromatic heterocycles. The third-order valence-corrected chi connectivity index (χ3v) is 5.61. The lowest BCUT2D eigenvalue weighted by atomic mass is 10.2. The van der Waals surface area contributed by atoms with Crippen LogP contribution in [0.4, 0.5) is 15.8 Å². The maximum absolute atomic E-state index is 13.0. The zero-order chi connectivity index (χ0) is 20.8. The van der Waals surface area contributed by atoms with Crippen molar-refractivity contribution in [2.24, 2.45) is 0 Å². The van der Waals surface area contributed by atoms with Crippen LogP contribution >= 0.6 is 35.0 Å². The van der Waals surface area contributed by atoms with E-state index in [1.54, 1.807) is 36.4 Å². The number of rotatable bonds is 6. The molecule has 0 atom stereocenters. The van der Waals surface area contributed by atoms with E-state index in [4.69, 9.17) is 23.2 Å². The molecule has 0 saturated heterocycles. The molecule has 0 aliphatic carbocycles. The lowest BCUT2D eigenvalue weighted by molar-refractivity contribution is -0.113. The molecule has 0 radical (unpaired) electrons. The van der Waals surface area contributed by atoms with Crippen LogP contribution in [0.2, 0.25) is 10.0 Å². The number of hydrogen-bond donors (Lipinski definition) is 2. The molecule has 0 aliphatic rings. The summed E-state index contributed by atoms with van der Waals surface area (Å²) in [4.78, 5) is 25.2. The van der Waals surface area contributed by atoms with Gasteiger partial charge in [-0.2, -0.15) is 0 Å². The summed E-state index contributed by atoms with van der Waals surface area (Å²) in [6, 6.07) is 17.4. The quantitative estimate of drug-likeness (QED) is 0.446. The van der Waals surface area contributed by atoms with E-state index in [0.29, 0.717) is 22.0 Å². The Bertz CT molecular complexity index is 1050. The Morgan fingerprint density at radius 2 is 1.66 bits per heavy atom. The normalized spacial score (nSPS) is 10.4. The molecule has 0 unspecified atom stereocenters. The van der Waals surface area contributed by atoms with Gasteiger partial charge in [-0.1, -0.05) is 35.3 Å². The Morgan fingerprint density at radius 3 is 2.41 bits per heavy atom. The van der Waals surface area contributed by atoms with Crippen molar-refractivity contribution in [3.63, 3.8) is 0 Å². The van der Waals surface area contributed by atoms with Crippen molar-refractivity contribution in [2.45, 2.75) is 4.90 Å². The van der Waals surface area contributed by atoms with Crippen molar-refractivity contribution in [3.8, 4) is 0 Å². The summed E-state index contributed by atoms with van der Waals surface area (Å²) in [5.74, 6) is -0.837. The van der Waals surface area contributed by atoms with E-state index >= 15 is 0 Å². The van der Waals surface area contributed by atoms with Gasteiger partial charge in [-0.25, -0.2) is 4.39 Å². The Balaban J connectivity index is 1.58. The van der Waals surface area contributed by atoms with Gasteiger partial charge in [0.05, 0.1) is 21.5 Å². The second kappa shape index (κ2) is 9.78. The van der Waals surface area contributed by atoms with Crippen molar-refractivity contribution in [1.82, 2.24) is 0 Å². The zero-order valence-electron chi connectivity index (χ0n) is 14.9. The number of benzene rings is 3. The molecular formula is C21H15Cl2FN2O2S. The van der Waals surface area contributed by atoms with Gasteiger partial charge < -0.3 is 10.6 Å². The molecule has 8 heteroatoms. The fraction of sp³-hybridized carbons (Fsp3) is 0.0476. The Morgan fingerprint density at radius 1 is 0.931 bits per heavy atom. The van der Waals surface area contributed by atoms with Crippen molar-refractivity contribution in [2.75, 3.05) is 16.4 Å². The minimum atomic E-state index is -0.405. The summed E-state index contributed by atoms with van der Waals surface area (Å²) >= 11 is 13.3. The van der Waals surface area contributed by atoms with Gasteiger partial charge in [-0.3, -0.25) is 9.59 Å². The molecule has 0 aliphatic heterocycles. The lowest BCUT2D eigenvalue weighted by Gasteiger charge is -2.09. The summed E-state index contributed by atoms with van der Waals surface area (Å²) in [5, 5.41) is 6.12. The van der Waals surface area contributed by atoms with Gasteiger partial charge in [0.15, 0.2) is 0 Å². The van der Waals surface area contributed by atoms with E-state index in [9.17, 15) is 14.0 Å². The standard InChI is InChI=1S/C21H15Cl2FN2O2S/c22-17-5-2-6-18(20(17)23)26-19(27)12-29-16-4-1-3-15(11-16)25-21(28)13-7-9-14(24)10-8-13/h1-11H,12H2,(H,25,28)(H,26,27). The molecule has 2 amide bonds. The average Bonchev–Trinajstić information content (AvgIpc) is 2.71. The molecule has 148 valence electrons. The van der Waals surface area contributed by atoms with Gasteiger partial charge in [-0.15, -0.1) is 11.8 Å². The van der Waals surface area contributed by atoms with Crippen LogP contribution in [0.1, 0.15) is 10.4 Å². The van der Waals surface area contributed by atoms with Crippen molar-refractivity contribution < 1.29 is 14.0 Å². The average molecular weight is 449 g/mol. The molecule has 3 aromatic carbocycles. The van der Waals surface area contributed by atoms with E-state index in [0.717, 1.165) is 4.90 Å². The monoisotopic (exact) mass is 448 g/mol. The zero-order valence-corrected chi connectivity index (χ0v) is 17.2. The molecule has 0 fully saturated rings. The molecule has 0 spiro atoms. The fourth-order valence-electron chi connectivity index (χ4n) is 2.40.